The van der Waals surface area contributed by atoms with Crippen molar-refractivity contribution in [3.05, 3.63) is 65.2 Å². The molecule has 0 spiro atoms. The molecule has 2 aromatic carbocycles. The lowest BCUT2D eigenvalue weighted by molar-refractivity contribution is -0.117. The number of benzene rings is 2. The Morgan fingerprint density at radius 2 is 1.52 bits per heavy atom. The summed E-state index contributed by atoms with van der Waals surface area (Å²) in [7, 11) is 0. The normalized spacial score (nSPS) is 12.0. The Kier molecular flexibility index (Phi) is 4.23. The fourth-order valence-corrected chi connectivity index (χ4v) is 1.70. The molecule has 0 aromatic heterocycles. The molecule has 0 saturated carbocycles. The number of anilines is 1. The van der Waals surface area contributed by atoms with Crippen LogP contribution < -0.4 is 11.1 Å². The van der Waals surface area contributed by atoms with Crippen LogP contribution in [0.5, 0.6) is 0 Å². The molecule has 110 valence electrons. The van der Waals surface area contributed by atoms with E-state index in [1.165, 1.54) is 12.1 Å². The highest BCUT2D eigenvalue weighted by Gasteiger charge is 2.23. The highest BCUT2D eigenvalue weighted by Crippen LogP contribution is 2.25. The van der Waals surface area contributed by atoms with E-state index in [1.807, 2.05) is 0 Å². The Balaban J connectivity index is 2.29. The summed E-state index contributed by atoms with van der Waals surface area (Å²) in [5.41, 5.74) is 4.80. The number of carbonyl (C=O) groups is 1. The van der Waals surface area contributed by atoms with E-state index in [-0.39, 0.29) is 6.07 Å². The molecule has 3 N–H and O–H groups in total. The molecule has 2 rings (SSSR count). The van der Waals surface area contributed by atoms with Crippen LogP contribution >= 0.6 is 0 Å². The molecule has 21 heavy (non-hydrogen) atoms. The van der Waals surface area contributed by atoms with Crippen molar-refractivity contribution in [2.75, 3.05) is 5.32 Å². The van der Waals surface area contributed by atoms with Gasteiger partial charge in [0.25, 0.3) is 0 Å². The first-order chi connectivity index (χ1) is 9.91. The third kappa shape index (κ3) is 3.03. The van der Waals surface area contributed by atoms with Gasteiger partial charge in [0.2, 0.25) is 5.91 Å². The molecule has 0 bridgehead atoms. The van der Waals surface area contributed by atoms with Crippen LogP contribution in [-0.4, -0.2) is 5.91 Å². The van der Waals surface area contributed by atoms with Gasteiger partial charge in [-0.1, -0.05) is 30.3 Å². The standard InChI is InChI=1S/C14H10F4N2O/c15-8-6-9(16)11(18)13(10(8)17)20-14(21)12(19)7-4-2-1-3-5-7/h1-6,12H,19H2,(H,20,21)/t12-/m0/s1. The quantitative estimate of drug-likeness (QED) is 0.676. The molecule has 1 atom stereocenters. The number of nitrogens with one attached hydrogen (secondary N) is 1. The van der Waals surface area contributed by atoms with E-state index in [0.29, 0.717) is 5.56 Å². The largest absolute Gasteiger partial charge is 0.319 e. The molecule has 0 radical (unpaired) electrons. The van der Waals surface area contributed by atoms with Gasteiger partial charge in [-0.15, -0.1) is 0 Å². The number of hydrogen-bond acceptors (Lipinski definition) is 2. The van der Waals surface area contributed by atoms with Crippen LogP contribution in [0.25, 0.3) is 0 Å². The van der Waals surface area contributed by atoms with E-state index in [9.17, 15) is 22.4 Å². The topological polar surface area (TPSA) is 55.1 Å². The van der Waals surface area contributed by atoms with Crippen LogP contribution in [0.3, 0.4) is 0 Å². The second-order valence-corrected chi connectivity index (χ2v) is 4.22. The average Bonchev–Trinajstić information content (AvgIpc) is 2.49. The lowest BCUT2D eigenvalue weighted by Gasteiger charge is -2.14. The van der Waals surface area contributed by atoms with Gasteiger partial charge in [-0.3, -0.25) is 4.79 Å². The van der Waals surface area contributed by atoms with E-state index in [1.54, 1.807) is 23.5 Å². The first-order valence-electron chi connectivity index (χ1n) is 5.86. The molecule has 0 heterocycles. The van der Waals surface area contributed by atoms with Crippen LogP contribution in [0.4, 0.5) is 23.2 Å². The molecule has 0 aliphatic heterocycles. The predicted molar refractivity (Wildman–Crippen MR) is 68.3 cm³/mol. The van der Waals surface area contributed by atoms with Crippen molar-refractivity contribution < 1.29 is 22.4 Å². The molecule has 0 unspecified atom stereocenters. The maximum atomic E-state index is 13.4. The summed E-state index contributed by atoms with van der Waals surface area (Å²) in [4.78, 5) is 11.8. The van der Waals surface area contributed by atoms with Crippen molar-refractivity contribution >= 4 is 11.6 Å². The first-order valence-corrected chi connectivity index (χ1v) is 5.86. The van der Waals surface area contributed by atoms with Gasteiger partial charge in [0.1, 0.15) is 11.7 Å². The predicted octanol–water partition coefficient (Wildman–Crippen LogP) is 2.88. The van der Waals surface area contributed by atoms with Gasteiger partial charge in [-0.25, -0.2) is 17.6 Å². The molecule has 2 aromatic rings. The summed E-state index contributed by atoms with van der Waals surface area (Å²) in [5.74, 6) is -7.61. The number of carbonyl (C=O) groups excluding carboxylic acids is 1. The van der Waals surface area contributed by atoms with Gasteiger partial charge in [-0.2, -0.15) is 0 Å². The third-order valence-corrected chi connectivity index (χ3v) is 2.80. The van der Waals surface area contributed by atoms with Gasteiger partial charge >= 0.3 is 0 Å². The van der Waals surface area contributed by atoms with Crippen LogP contribution in [0, 0.1) is 23.3 Å². The summed E-state index contributed by atoms with van der Waals surface area (Å²) in [6.45, 7) is 0. The van der Waals surface area contributed by atoms with Crippen molar-refractivity contribution in [3.63, 3.8) is 0 Å². The summed E-state index contributed by atoms with van der Waals surface area (Å²) < 4.78 is 52.9. The monoisotopic (exact) mass is 298 g/mol. The van der Waals surface area contributed by atoms with Crippen molar-refractivity contribution in [1.82, 2.24) is 0 Å². The first kappa shape index (κ1) is 15.0. The third-order valence-electron chi connectivity index (χ3n) is 2.80. The van der Waals surface area contributed by atoms with Crippen LogP contribution in [-0.2, 0) is 4.79 Å². The summed E-state index contributed by atoms with van der Waals surface area (Å²) >= 11 is 0. The van der Waals surface area contributed by atoms with E-state index in [4.69, 9.17) is 5.73 Å². The Morgan fingerprint density at radius 3 is 2.05 bits per heavy atom. The molecule has 0 aliphatic rings. The van der Waals surface area contributed by atoms with Gasteiger partial charge < -0.3 is 11.1 Å². The van der Waals surface area contributed by atoms with Crippen molar-refractivity contribution in [1.29, 1.82) is 0 Å². The highest BCUT2D eigenvalue weighted by molar-refractivity contribution is 5.95. The molecular formula is C14H10F4N2O. The Bertz CT molecular complexity index is 650. The zero-order valence-corrected chi connectivity index (χ0v) is 10.5. The maximum absolute atomic E-state index is 13.4. The van der Waals surface area contributed by atoms with E-state index < -0.39 is 40.9 Å². The zero-order valence-electron chi connectivity index (χ0n) is 10.5. The molecule has 0 fully saturated rings. The average molecular weight is 298 g/mol. The van der Waals surface area contributed by atoms with Gasteiger partial charge in [0, 0.05) is 6.07 Å². The highest BCUT2D eigenvalue weighted by atomic mass is 19.2. The Hall–Kier alpha value is -2.41. The van der Waals surface area contributed by atoms with E-state index in [0.717, 1.165) is 0 Å². The maximum Gasteiger partial charge on any atom is 0.246 e. The lowest BCUT2D eigenvalue weighted by Crippen LogP contribution is -2.28. The molecule has 3 nitrogen and oxygen atoms in total. The fraction of sp³-hybridized carbons (Fsp3) is 0.0714. The van der Waals surface area contributed by atoms with Gasteiger partial charge in [-0.05, 0) is 5.56 Å². The fourth-order valence-electron chi connectivity index (χ4n) is 1.70. The molecular weight excluding hydrogens is 288 g/mol. The van der Waals surface area contributed by atoms with Crippen molar-refractivity contribution in [2.24, 2.45) is 5.73 Å². The molecule has 1 amide bonds. The number of halogens is 4. The minimum absolute atomic E-state index is 0.0530. The second kappa shape index (κ2) is 5.92. The number of amides is 1. The zero-order chi connectivity index (χ0) is 15.6. The minimum atomic E-state index is -1.69. The van der Waals surface area contributed by atoms with Gasteiger partial charge in [0.15, 0.2) is 23.3 Å². The van der Waals surface area contributed by atoms with Crippen molar-refractivity contribution in [3.8, 4) is 0 Å². The van der Waals surface area contributed by atoms with E-state index in [2.05, 4.69) is 0 Å². The second-order valence-electron chi connectivity index (χ2n) is 4.22. The van der Waals surface area contributed by atoms with Crippen molar-refractivity contribution in [2.45, 2.75) is 6.04 Å². The Morgan fingerprint density at radius 1 is 1.00 bits per heavy atom. The van der Waals surface area contributed by atoms with Crippen LogP contribution in [0.1, 0.15) is 11.6 Å². The minimum Gasteiger partial charge on any atom is -0.319 e. The molecule has 7 heteroatoms. The van der Waals surface area contributed by atoms with Gasteiger partial charge in [0.05, 0.1) is 0 Å². The summed E-state index contributed by atoms with van der Waals surface area (Å²) in [5, 5.41) is 1.76. The number of nitrogens with two attached hydrogens (primary N) is 1. The van der Waals surface area contributed by atoms with E-state index >= 15 is 0 Å². The molecule has 0 saturated heterocycles. The molecule has 0 aliphatic carbocycles. The summed E-state index contributed by atoms with van der Waals surface area (Å²) in [6, 6.07) is 6.80. The van der Waals surface area contributed by atoms with Crippen LogP contribution in [0.15, 0.2) is 36.4 Å². The van der Waals surface area contributed by atoms with Crippen LogP contribution in [0.2, 0.25) is 0 Å². The Labute approximate surface area is 117 Å². The lowest BCUT2D eigenvalue weighted by atomic mass is 10.1. The summed E-state index contributed by atoms with van der Waals surface area (Å²) in [6.07, 6.45) is 0. The number of hydrogen-bond donors (Lipinski definition) is 2. The SMILES string of the molecule is N[C@H](C(=O)Nc1c(F)c(F)cc(F)c1F)c1ccccc1. The smallest absolute Gasteiger partial charge is 0.246 e. The number of rotatable bonds is 3.